The molecule has 8 nitrogen and oxygen atoms in total. The number of aromatic hydroxyl groups is 1. The Morgan fingerprint density at radius 2 is 1.94 bits per heavy atom. The van der Waals surface area contributed by atoms with E-state index >= 15 is 0 Å². The van der Waals surface area contributed by atoms with E-state index in [1.54, 1.807) is 30.4 Å². The first-order chi connectivity index (χ1) is 14.7. The average Bonchev–Trinajstić information content (AvgIpc) is 3.37. The number of hydrogen-bond acceptors (Lipinski definition) is 7. The molecule has 0 spiro atoms. The van der Waals surface area contributed by atoms with E-state index in [4.69, 9.17) is 14.2 Å². The van der Waals surface area contributed by atoms with Crippen molar-refractivity contribution in [3.63, 3.8) is 0 Å². The summed E-state index contributed by atoms with van der Waals surface area (Å²) in [5, 5.41) is 10.8. The minimum atomic E-state index is -0.540. The number of likely N-dealkylation sites (N-methyl/N-ethyl adjacent to an activating group) is 1. The van der Waals surface area contributed by atoms with Crippen LogP contribution >= 0.6 is 0 Å². The summed E-state index contributed by atoms with van der Waals surface area (Å²) in [4.78, 5) is 20.6. The first-order valence-electron chi connectivity index (χ1n) is 10.5. The fourth-order valence-electron chi connectivity index (χ4n) is 4.10. The zero-order valence-corrected chi connectivity index (χ0v) is 18.4. The maximum atomic E-state index is 12.6. The van der Waals surface area contributed by atoms with Gasteiger partial charge in [-0.2, -0.15) is 0 Å². The Balaban J connectivity index is 1.60. The van der Waals surface area contributed by atoms with Gasteiger partial charge < -0.3 is 24.2 Å². The van der Waals surface area contributed by atoms with Gasteiger partial charge in [0.15, 0.2) is 11.5 Å². The summed E-state index contributed by atoms with van der Waals surface area (Å²) >= 11 is 0. The molecule has 1 aromatic heterocycles. The number of amides is 1. The molecular weight excluding hydrogens is 398 g/mol. The fourth-order valence-corrected chi connectivity index (χ4v) is 4.10. The second-order valence-corrected chi connectivity index (χ2v) is 8.98. The van der Waals surface area contributed by atoms with Gasteiger partial charge in [0, 0.05) is 50.2 Å². The smallest absolute Gasteiger partial charge is 0.410 e. The summed E-state index contributed by atoms with van der Waals surface area (Å²) in [7, 11) is 1.78. The number of phenols is 1. The molecule has 166 valence electrons. The van der Waals surface area contributed by atoms with E-state index in [-0.39, 0.29) is 30.7 Å². The Bertz CT molecular complexity index is 944. The SMILES string of the molecule is CN(C(=O)OC(C)(C)C)[C@@H]1CCN(C(c2ccncc2)c2cc3c(cc2O)OCO3)C1. The van der Waals surface area contributed by atoms with Crippen LogP contribution in [0, 0.1) is 0 Å². The van der Waals surface area contributed by atoms with E-state index in [1.807, 2.05) is 39.0 Å². The van der Waals surface area contributed by atoms with Crippen LogP contribution in [0.15, 0.2) is 36.7 Å². The number of nitrogens with zero attached hydrogens (tertiary/aromatic N) is 3. The number of pyridine rings is 1. The second-order valence-electron chi connectivity index (χ2n) is 8.98. The van der Waals surface area contributed by atoms with Gasteiger partial charge in [-0.25, -0.2) is 4.79 Å². The third-order valence-corrected chi connectivity index (χ3v) is 5.63. The molecular formula is C23H29N3O5. The van der Waals surface area contributed by atoms with Crippen molar-refractivity contribution in [2.24, 2.45) is 0 Å². The second kappa shape index (κ2) is 8.26. The molecule has 1 saturated heterocycles. The molecule has 2 atom stereocenters. The van der Waals surface area contributed by atoms with E-state index in [2.05, 4.69) is 9.88 Å². The third-order valence-electron chi connectivity index (χ3n) is 5.63. The number of likely N-dealkylation sites (tertiary alicyclic amines) is 1. The lowest BCUT2D eigenvalue weighted by Crippen LogP contribution is -2.42. The highest BCUT2D eigenvalue weighted by molar-refractivity contribution is 5.68. The monoisotopic (exact) mass is 427 g/mol. The molecule has 2 aliphatic heterocycles. The molecule has 0 saturated carbocycles. The molecule has 1 N–H and O–H groups in total. The van der Waals surface area contributed by atoms with Crippen molar-refractivity contribution >= 4 is 6.09 Å². The summed E-state index contributed by atoms with van der Waals surface area (Å²) in [6.07, 6.45) is 3.97. The highest BCUT2D eigenvalue weighted by Gasteiger charge is 2.36. The number of carbonyl (C=O) groups excluding carboxylic acids is 1. The van der Waals surface area contributed by atoms with E-state index in [9.17, 15) is 9.90 Å². The average molecular weight is 428 g/mol. The van der Waals surface area contributed by atoms with E-state index in [0.717, 1.165) is 24.1 Å². The van der Waals surface area contributed by atoms with Crippen LogP contribution in [0.2, 0.25) is 0 Å². The summed E-state index contributed by atoms with van der Waals surface area (Å²) in [6.45, 7) is 7.14. The number of fused-ring (bicyclic) bond motifs is 1. The molecule has 1 unspecified atom stereocenters. The van der Waals surface area contributed by atoms with Crippen LogP contribution in [0.3, 0.4) is 0 Å². The number of hydrogen-bond donors (Lipinski definition) is 1. The topological polar surface area (TPSA) is 84.4 Å². The largest absolute Gasteiger partial charge is 0.507 e. The quantitative estimate of drug-likeness (QED) is 0.799. The Morgan fingerprint density at radius 1 is 1.26 bits per heavy atom. The first-order valence-corrected chi connectivity index (χ1v) is 10.5. The molecule has 3 heterocycles. The molecule has 0 radical (unpaired) electrons. The molecule has 2 aromatic rings. The lowest BCUT2D eigenvalue weighted by molar-refractivity contribution is 0.0226. The third kappa shape index (κ3) is 4.54. The number of ether oxygens (including phenoxy) is 3. The van der Waals surface area contributed by atoms with E-state index < -0.39 is 5.60 Å². The van der Waals surface area contributed by atoms with Crippen LogP contribution in [0.1, 0.15) is 44.4 Å². The number of carbonyl (C=O) groups is 1. The summed E-state index contributed by atoms with van der Waals surface area (Å²) in [5.74, 6) is 1.31. The predicted octanol–water partition coefficient (Wildman–Crippen LogP) is 3.55. The fraction of sp³-hybridized carbons (Fsp3) is 0.478. The van der Waals surface area contributed by atoms with Crippen molar-refractivity contribution in [3.8, 4) is 17.2 Å². The molecule has 31 heavy (non-hydrogen) atoms. The number of phenolic OH excluding ortho intramolecular Hbond substituents is 1. The van der Waals surface area contributed by atoms with Crippen molar-refractivity contribution in [1.29, 1.82) is 0 Å². The molecule has 1 fully saturated rings. The minimum absolute atomic E-state index is 0.00957. The van der Waals surface area contributed by atoms with Gasteiger partial charge in [0.2, 0.25) is 6.79 Å². The highest BCUT2D eigenvalue weighted by Crippen LogP contribution is 2.44. The maximum Gasteiger partial charge on any atom is 0.410 e. The van der Waals surface area contributed by atoms with Crippen molar-refractivity contribution in [3.05, 3.63) is 47.8 Å². The van der Waals surface area contributed by atoms with Crippen LogP contribution < -0.4 is 9.47 Å². The van der Waals surface area contributed by atoms with Crippen LogP contribution in [-0.2, 0) is 4.74 Å². The Labute approximate surface area is 182 Å². The van der Waals surface area contributed by atoms with Crippen LogP contribution in [-0.4, -0.2) is 64.6 Å². The van der Waals surface area contributed by atoms with Gasteiger partial charge in [-0.15, -0.1) is 0 Å². The van der Waals surface area contributed by atoms with Crippen molar-refractivity contribution < 1.29 is 24.1 Å². The molecule has 8 heteroatoms. The molecule has 0 aliphatic carbocycles. The Kier molecular flexibility index (Phi) is 5.66. The van der Waals surface area contributed by atoms with Gasteiger partial charge in [-0.3, -0.25) is 9.88 Å². The molecule has 0 bridgehead atoms. The van der Waals surface area contributed by atoms with E-state index in [0.29, 0.717) is 18.0 Å². The zero-order valence-electron chi connectivity index (χ0n) is 18.4. The first kappa shape index (κ1) is 21.2. The minimum Gasteiger partial charge on any atom is -0.507 e. The van der Waals surface area contributed by atoms with Gasteiger partial charge >= 0.3 is 6.09 Å². The van der Waals surface area contributed by atoms with Gasteiger partial charge in [-0.05, 0) is 51.0 Å². The molecule has 1 aromatic carbocycles. The summed E-state index contributed by atoms with van der Waals surface area (Å²) in [6, 6.07) is 7.13. The molecule has 4 rings (SSSR count). The van der Waals surface area contributed by atoms with E-state index in [1.165, 1.54) is 0 Å². The van der Waals surface area contributed by atoms with Crippen molar-refractivity contribution in [2.75, 3.05) is 26.9 Å². The van der Waals surface area contributed by atoms with Crippen LogP contribution in [0.5, 0.6) is 17.2 Å². The van der Waals surface area contributed by atoms with Crippen molar-refractivity contribution in [1.82, 2.24) is 14.8 Å². The Hall–Kier alpha value is -3.00. The predicted molar refractivity (Wildman–Crippen MR) is 114 cm³/mol. The van der Waals surface area contributed by atoms with Gasteiger partial charge in [0.1, 0.15) is 11.4 Å². The van der Waals surface area contributed by atoms with Gasteiger partial charge in [0.05, 0.1) is 6.04 Å². The number of benzene rings is 1. The molecule has 2 aliphatic rings. The number of aromatic nitrogens is 1. The molecule has 1 amide bonds. The maximum absolute atomic E-state index is 12.6. The van der Waals surface area contributed by atoms with Gasteiger partial charge in [0.25, 0.3) is 0 Å². The Morgan fingerprint density at radius 3 is 2.61 bits per heavy atom. The number of rotatable bonds is 4. The normalized spacial score (nSPS) is 19.3. The highest BCUT2D eigenvalue weighted by atomic mass is 16.7. The summed E-state index contributed by atoms with van der Waals surface area (Å²) < 4.78 is 16.5. The standard InChI is InChI=1S/C23H29N3O5/c1-23(2,3)31-22(28)25(4)16-7-10-26(13-16)21(15-5-8-24-9-6-15)17-11-19-20(12-18(17)27)30-14-29-19/h5-6,8-9,11-12,16,21,27H,7,10,13-14H2,1-4H3/t16-,21?/m1/s1. The lowest BCUT2D eigenvalue weighted by Gasteiger charge is -2.31. The lowest BCUT2D eigenvalue weighted by atomic mass is 9.96. The summed E-state index contributed by atoms with van der Waals surface area (Å²) in [5.41, 5.74) is 1.20. The van der Waals surface area contributed by atoms with Crippen molar-refractivity contribution in [2.45, 2.75) is 44.9 Å². The van der Waals surface area contributed by atoms with Gasteiger partial charge in [-0.1, -0.05) is 0 Å². The van der Waals surface area contributed by atoms with Crippen LogP contribution in [0.4, 0.5) is 4.79 Å². The zero-order chi connectivity index (χ0) is 22.2. The van der Waals surface area contributed by atoms with Crippen LogP contribution in [0.25, 0.3) is 0 Å².